The second-order valence-electron chi connectivity index (χ2n) is 7.85. The second kappa shape index (κ2) is 11.9. The molecule has 8 heteroatoms. The Morgan fingerprint density at radius 2 is 1.97 bits per heavy atom. The number of halogens is 1. The molecule has 1 saturated heterocycles. The highest BCUT2D eigenvalue weighted by molar-refractivity contribution is 14.0. The molecular formula is C24H32IN5O2. The van der Waals surface area contributed by atoms with Crippen LogP contribution in [0.25, 0.3) is 0 Å². The van der Waals surface area contributed by atoms with Gasteiger partial charge in [-0.15, -0.1) is 24.0 Å². The van der Waals surface area contributed by atoms with Crippen LogP contribution in [-0.4, -0.2) is 51.2 Å². The van der Waals surface area contributed by atoms with Gasteiger partial charge in [0.1, 0.15) is 5.75 Å². The van der Waals surface area contributed by atoms with E-state index in [0.717, 1.165) is 62.0 Å². The maximum Gasteiger partial charge on any atom is 0.239 e. The van der Waals surface area contributed by atoms with Crippen LogP contribution in [0.5, 0.6) is 5.75 Å². The largest absolute Gasteiger partial charge is 0.493 e. The average molecular weight is 549 g/mol. The van der Waals surface area contributed by atoms with Crippen molar-refractivity contribution >= 4 is 41.5 Å². The first kappa shape index (κ1) is 24.2. The van der Waals surface area contributed by atoms with E-state index in [1.165, 1.54) is 11.1 Å². The number of rotatable bonds is 7. The highest BCUT2D eigenvalue weighted by Crippen LogP contribution is 2.25. The standard InChI is InChI=1S/C24H31N5O2.HI/c1-2-25-24(27-11-9-18-5-8-22-20(15-18)10-14-31-22)28-16-19-3-6-21(7-4-19)29-13-12-26-23(30)17-29;/h3-8,15H,2,9-14,16-17H2,1H3,(H,26,30)(H2,25,27,28);1H. The van der Waals surface area contributed by atoms with Gasteiger partial charge in [0.05, 0.1) is 19.7 Å². The van der Waals surface area contributed by atoms with E-state index in [1.54, 1.807) is 0 Å². The molecule has 4 rings (SSSR count). The van der Waals surface area contributed by atoms with Gasteiger partial charge >= 0.3 is 0 Å². The van der Waals surface area contributed by atoms with Gasteiger partial charge in [-0.05, 0) is 48.2 Å². The molecule has 2 aliphatic heterocycles. The Morgan fingerprint density at radius 1 is 1.16 bits per heavy atom. The summed E-state index contributed by atoms with van der Waals surface area (Å²) in [6.07, 6.45) is 1.94. The van der Waals surface area contributed by atoms with Gasteiger partial charge in [0.2, 0.25) is 5.91 Å². The number of ether oxygens (including phenoxy) is 1. The molecule has 2 heterocycles. The molecule has 0 atom stereocenters. The van der Waals surface area contributed by atoms with Gasteiger partial charge in [0, 0.05) is 38.3 Å². The van der Waals surface area contributed by atoms with Crippen molar-refractivity contribution in [1.82, 2.24) is 16.0 Å². The van der Waals surface area contributed by atoms with Crippen molar-refractivity contribution < 1.29 is 9.53 Å². The summed E-state index contributed by atoms with van der Waals surface area (Å²) in [5.74, 6) is 1.93. The summed E-state index contributed by atoms with van der Waals surface area (Å²) in [4.78, 5) is 18.4. The van der Waals surface area contributed by atoms with Crippen molar-refractivity contribution in [2.75, 3.05) is 44.2 Å². The van der Waals surface area contributed by atoms with Crippen molar-refractivity contribution in [2.24, 2.45) is 4.99 Å². The number of aliphatic imine (C=N–C) groups is 1. The van der Waals surface area contributed by atoms with Crippen molar-refractivity contribution in [3.63, 3.8) is 0 Å². The van der Waals surface area contributed by atoms with E-state index in [9.17, 15) is 4.79 Å². The summed E-state index contributed by atoms with van der Waals surface area (Å²) < 4.78 is 5.58. The first-order valence-electron chi connectivity index (χ1n) is 11.1. The second-order valence-corrected chi connectivity index (χ2v) is 7.85. The SMILES string of the molecule is CCNC(=NCc1ccc(N2CCNC(=O)C2)cc1)NCCc1ccc2c(c1)CCO2.I. The third-order valence-electron chi connectivity index (χ3n) is 5.56. The Morgan fingerprint density at radius 3 is 2.75 bits per heavy atom. The van der Waals surface area contributed by atoms with E-state index in [4.69, 9.17) is 9.73 Å². The summed E-state index contributed by atoms with van der Waals surface area (Å²) >= 11 is 0. The van der Waals surface area contributed by atoms with E-state index >= 15 is 0 Å². The summed E-state index contributed by atoms with van der Waals surface area (Å²) in [7, 11) is 0. The first-order valence-corrected chi connectivity index (χ1v) is 11.1. The number of guanidine groups is 1. The smallest absolute Gasteiger partial charge is 0.239 e. The van der Waals surface area contributed by atoms with E-state index in [0.29, 0.717) is 19.6 Å². The average Bonchev–Trinajstić information content (AvgIpc) is 3.26. The molecule has 1 amide bonds. The minimum Gasteiger partial charge on any atom is -0.493 e. The lowest BCUT2D eigenvalue weighted by atomic mass is 10.1. The predicted molar refractivity (Wildman–Crippen MR) is 139 cm³/mol. The quantitative estimate of drug-likeness (QED) is 0.281. The Balaban J connectivity index is 0.00000289. The van der Waals surface area contributed by atoms with Gasteiger partial charge in [-0.25, -0.2) is 4.99 Å². The fourth-order valence-electron chi connectivity index (χ4n) is 3.90. The number of fused-ring (bicyclic) bond motifs is 1. The Bertz CT molecular complexity index is 932. The number of carbonyl (C=O) groups is 1. The fraction of sp³-hybridized carbons (Fsp3) is 0.417. The molecule has 0 aliphatic carbocycles. The minimum absolute atomic E-state index is 0. The predicted octanol–water partition coefficient (Wildman–Crippen LogP) is 2.47. The summed E-state index contributed by atoms with van der Waals surface area (Å²) in [5.41, 5.74) is 4.84. The van der Waals surface area contributed by atoms with Crippen LogP contribution >= 0.6 is 24.0 Å². The third-order valence-corrected chi connectivity index (χ3v) is 5.56. The van der Waals surface area contributed by atoms with Crippen LogP contribution in [0.1, 0.15) is 23.6 Å². The van der Waals surface area contributed by atoms with Crippen LogP contribution in [0.3, 0.4) is 0 Å². The molecule has 3 N–H and O–H groups in total. The summed E-state index contributed by atoms with van der Waals surface area (Å²) in [5, 5.41) is 9.60. The molecule has 172 valence electrons. The van der Waals surface area contributed by atoms with Gasteiger partial charge in [0.25, 0.3) is 0 Å². The van der Waals surface area contributed by atoms with Gasteiger partial charge in [0.15, 0.2) is 5.96 Å². The zero-order valence-corrected chi connectivity index (χ0v) is 20.9. The molecule has 0 unspecified atom stereocenters. The van der Waals surface area contributed by atoms with E-state index in [1.807, 2.05) is 0 Å². The topological polar surface area (TPSA) is 78.0 Å². The number of benzene rings is 2. The molecule has 1 fully saturated rings. The fourth-order valence-corrected chi connectivity index (χ4v) is 3.90. The Kier molecular flexibility index (Phi) is 9.01. The number of hydrogen-bond acceptors (Lipinski definition) is 4. The molecule has 2 aromatic rings. The summed E-state index contributed by atoms with van der Waals surface area (Å²) in [6.45, 7) is 7.07. The first-order chi connectivity index (χ1) is 15.2. The zero-order valence-electron chi connectivity index (χ0n) is 18.5. The minimum atomic E-state index is 0. The van der Waals surface area contributed by atoms with Gasteiger partial charge in [-0.2, -0.15) is 0 Å². The number of nitrogens with one attached hydrogen (secondary N) is 3. The van der Waals surface area contributed by atoms with Crippen LogP contribution in [0.2, 0.25) is 0 Å². The van der Waals surface area contributed by atoms with Crippen molar-refractivity contribution in [3.8, 4) is 5.75 Å². The van der Waals surface area contributed by atoms with Gasteiger partial charge in [-0.3, -0.25) is 4.79 Å². The molecule has 32 heavy (non-hydrogen) atoms. The maximum atomic E-state index is 11.6. The summed E-state index contributed by atoms with van der Waals surface area (Å²) in [6, 6.07) is 14.8. The molecule has 0 saturated carbocycles. The lowest BCUT2D eigenvalue weighted by molar-refractivity contribution is -0.120. The number of hydrogen-bond donors (Lipinski definition) is 3. The van der Waals surface area contributed by atoms with Crippen LogP contribution < -0.4 is 25.6 Å². The number of anilines is 1. The molecule has 2 aliphatic rings. The van der Waals surface area contributed by atoms with E-state index in [2.05, 4.69) is 70.2 Å². The zero-order chi connectivity index (χ0) is 21.5. The molecule has 0 radical (unpaired) electrons. The highest BCUT2D eigenvalue weighted by atomic mass is 127. The molecular weight excluding hydrogens is 517 g/mol. The molecule has 0 spiro atoms. The van der Waals surface area contributed by atoms with E-state index in [-0.39, 0.29) is 29.9 Å². The Hall–Kier alpha value is -2.49. The lowest BCUT2D eigenvalue weighted by Crippen LogP contribution is -2.47. The Labute approximate surface area is 207 Å². The molecule has 7 nitrogen and oxygen atoms in total. The van der Waals surface area contributed by atoms with Crippen molar-refractivity contribution in [3.05, 3.63) is 59.2 Å². The van der Waals surface area contributed by atoms with Crippen LogP contribution in [-0.2, 0) is 24.2 Å². The van der Waals surface area contributed by atoms with Crippen LogP contribution in [0.15, 0.2) is 47.5 Å². The lowest BCUT2D eigenvalue weighted by Gasteiger charge is -2.28. The number of piperazine rings is 1. The molecule has 0 bridgehead atoms. The maximum absolute atomic E-state index is 11.6. The normalized spacial score (nSPS) is 15.3. The van der Waals surface area contributed by atoms with Crippen molar-refractivity contribution in [2.45, 2.75) is 26.3 Å². The number of nitrogens with zero attached hydrogens (tertiary/aromatic N) is 2. The van der Waals surface area contributed by atoms with Gasteiger partial charge in [-0.1, -0.05) is 24.3 Å². The number of carbonyl (C=O) groups excluding carboxylic acids is 1. The monoisotopic (exact) mass is 549 g/mol. The van der Waals surface area contributed by atoms with Crippen LogP contribution in [0, 0.1) is 0 Å². The number of amides is 1. The van der Waals surface area contributed by atoms with Crippen molar-refractivity contribution in [1.29, 1.82) is 0 Å². The highest BCUT2D eigenvalue weighted by Gasteiger charge is 2.16. The molecule has 0 aromatic heterocycles. The third kappa shape index (κ3) is 6.51. The van der Waals surface area contributed by atoms with Crippen LogP contribution in [0.4, 0.5) is 5.69 Å². The molecule has 2 aromatic carbocycles. The van der Waals surface area contributed by atoms with E-state index < -0.39 is 0 Å². The van der Waals surface area contributed by atoms with Gasteiger partial charge < -0.3 is 25.6 Å².